The van der Waals surface area contributed by atoms with E-state index in [2.05, 4.69) is 20.6 Å². The first-order valence-electron chi connectivity index (χ1n) is 6.62. The Hall–Kier alpha value is -3.49. The molecule has 3 rings (SSSR count). The molecule has 0 aliphatic rings. The quantitative estimate of drug-likeness (QED) is 0.440. The summed E-state index contributed by atoms with van der Waals surface area (Å²) in [5, 5.41) is 18.9. The molecule has 0 radical (unpaired) electrons. The van der Waals surface area contributed by atoms with Crippen molar-refractivity contribution in [2.75, 3.05) is 5.43 Å². The van der Waals surface area contributed by atoms with Crippen molar-refractivity contribution >= 4 is 17.9 Å². The van der Waals surface area contributed by atoms with E-state index in [4.69, 9.17) is 4.42 Å². The van der Waals surface area contributed by atoms with Crippen LogP contribution in [-0.2, 0) is 7.05 Å². The summed E-state index contributed by atoms with van der Waals surface area (Å²) in [4.78, 5) is 14.2. The Morgan fingerprint density at radius 1 is 1.39 bits per heavy atom. The van der Waals surface area contributed by atoms with Crippen molar-refractivity contribution < 1.29 is 9.34 Å². The van der Waals surface area contributed by atoms with Gasteiger partial charge in [0.25, 0.3) is 0 Å². The zero-order chi connectivity index (χ0) is 16.2. The Kier molecular flexibility index (Phi) is 3.83. The number of aromatic nitrogens is 3. The summed E-state index contributed by atoms with van der Waals surface area (Å²) in [7, 11) is 1.72. The van der Waals surface area contributed by atoms with Gasteiger partial charge in [-0.05, 0) is 18.2 Å². The van der Waals surface area contributed by atoms with Crippen LogP contribution in [-0.4, -0.2) is 25.9 Å². The molecular formula is C14H12N6O3. The van der Waals surface area contributed by atoms with Crippen LogP contribution in [0.3, 0.4) is 0 Å². The number of nitrogens with one attached hydrogen (secondary N) is 1. The van der Waals surface area contributed by atoms with Gasteiger partial charge in [-0.1, -0.05) is 6.07 Å². The SMILES string of the molecule is Cn1ncc(/C=N/Nc2ccccn2)c1-c1ccc([N+](=O)[O-])o1. The van der Waals surface area contributed by atoms with E-state index < -0.39 is 4.92 Å². The number of hydrogen-bond acceptors (Lipinski definition) is 7. The van der Waals surface area contributed by atoms with Crippen molar-refractivity contribution in [1.29, 1.82) is 0 Å². The standard InChI is InChI=1S/C14H12N6O3/c1-19-14(11-5-6-13(23-11)20(21)22)10(9-17-19)8-16-18-12-4-2-3-7-15-12/h2-9H,1H3,(H,15,18)/b16-8+. The Balaban J connectivity index is 1.85. The second kappa shape index (κ2) is 6.10. The van der Waals surface area contributed by atoms with Crippen LogP contribution in [0, 0.1) is 10.1 Å². The predicted octanol–water partition coefficient (Wildman–Crippen LogP) is 2.43. The van der Waals surface area contributed by atoms with Crippen molar-refractivity contribution in [3.8, 4) is 11.5 Å². The molecule has 0 saturated carbocycles. The third kappa shape index (κ3) is 3.07. The normalized spacial score (nSPS) is 11.0. The van der Waals surface area contributed by atoms with Gasteiger partial charge in [0.15, 0.2) is 5.76 Å². The Bertz CT molecular complexity index is 853. The lowest BCUT2D eigenvalue weighted by atomic mass is 10.2. The summed E-state index contributed by atoms with van der Waals surface area (Å²) >= 11 is 0. The lowest BCUT2D eigenvalue weighted by Gasteiger charge is -2.00. The van der Waals surface area contributed by atoms with Gasteiger partial charge in [0.2, 0.25) is 0 Å². The monoisotopic (exact) mass is 312 g/mol. The summed E-state index contributed by atoms with van der Waals surface area (Å²) in [5.41, 5.74) is 4.03. The van der Waals surface area contributed by atoms with Crippen molar-refractivity contribution in [2.45, 2.75) is 0 Å². The minimum atomic E-state index is -0.587. The molecule has 3 aromatic heterocycles. The maximum Gasteiger partial charge on any atom is 0.433 e. The molecule has 9 heteroatoms. The Labute approximate surface area is 130 Å². The molecule has 0 fully saturated rings. The molecule has 23 heavy (non-hydrogen) atoms. The minimum Gasteiger partial charge on any atom is -0.399 e. The largest absolute Gasteiger partial charge is 0.433 e. The molecule has 0 aliphatic heterocycles. The first kappa shape index (κ1) is 14.4. The summed E-state index contributed by atoms with van der Waals surface area (Å²) in [6.45, 7) is 0. The average molecular weight is 312 g/mol. The van der Waals surface area contributed by atoms with Gasteiger partial charge in [-0.15, -0.1) is 0 Å². The van der Waals surface area contributed by atoms with Crippen molar-refractivity contribution in [1.82, 2.24) is 14.8 Å². The fraction of sp³-hybridized carbons (Fsp3) is 0.0714. The van der Waals surface area contributed by atoms with Gasteiger partial charge in [0, 0.05) is 18.8 Å². The second-order valence-corrected chi connectivity index (χ2v) is 4.55. The molecule has 0 spiro atoms. The van der Waals surface area contributed by atoms with E-state index in [-0.39, 0.29) is 5.88 Å². The van der Waals surface area contributed by atoms with Gasteiger partial charge >= 0.3 is 5.88 Å². The van der Waals surface area contributed by atoms with Gasteiger partial charge in [-0.3, -0.25) is 20.2 Å². The Morgan fingerprint density at radius 3 is 2.96 bits per heavy atom. The molecule has 0 unspecified atom stereocenters. The van der Waals surface area contributed by atoms with E-state index in [9.17, 15) is 10.1 Å². The highest BCUT2D eigenvalue weighted by molar-refractivity contribution is 5.88. The van der Waals surface area contributed by atoms with Crippen molar-refractivity contribution in [3.05, 3.63) is 58.4 Å². The topological polar surface area (TPSA) is 111 Å². The van der Waals surface area contributed by atoms with E-state index >= 15 is 0 Å². The molecule has 1 N–H and O–H groups in total. The third-order valence-corrected chi connectivity index (χ3v) is 3.02. The number of rotatable bonds is 5. The summed E-state index contributed by atoms with van der Waals surface area (Å²) in [6.07, 6.45) is 4.79. The van der Waals surface area contributed by atoms with Gasteiger partial charge in [-0.2, -0.15) is 10.2 Å². The molecule has 3 aromatic rings. The predicted molar refractivity (Wildman–Crippen MR) is 83.0 cm³/mol. The number of hydrogen-bond donors (Lipinski definition) is 1. The van der Waals surface area contributed by atoms with Crippen molar-refractivity contribution in [3.63, 3.8) is 0 Å². The summed E-state index contributed by atoms with van der Waals surface area (Å²) < 4.78 is 6.78. The molecule has 0 aliphatic carbocycles. The zero-order valence-electron chi connectivity index (χ0n) is 12.1. The van der Waals surface area contributed by atoms with E-state index in [1.54, 1.807) is 42.5 Å². The summed E-state index contributed by atoms with van der Waals surface area (Å²) in [5.74, 6) is 0.620. The zero-order valence-corrected chi connectivity index (χ0v) is 12.1. The number of nitrogens with zero attached hydrogens (tertiary/aromatic N) is 5. The van der Waals surface area contributed by atoms with E-state index in [1.165, 1.54) is 12.1 Å². The van der Waals surface area contributed by atoms with Crippen LogP contribution in [0.15, 0.2) is 52.2 Å². The molecule has 116 valence electrons. The number of nitro groups is 1. The van der Waals surface area contributed by atoms with Crippen LogP contribution in [0.2, 0.25) is 0 Å². The first-order chi connectivity index (χ1) is 11.1. The molecule has 9 nitrogen and oxygen atoms in total. The van der Waals surface area contributed by atoms with Gasteiger partial charge in [-0.25, -0.2) is 4.98 Å². The lowest BCUT2D eigenvalue weighted by Crippen LogP contribution is -1.96. The Morgan fingerprint density at radius 2 is 2.26 bits per heavy atom. The molecule has 0 amide bonds. The highest BCUT2D eigenvalue weighted by atomic mass is 16.6. The molecule has 0 atom stereocenters. The number of anilines is 1. The molecular weight excluding hydrogens is 300 g/mol. The third-order valence-electron chi connectivity index (χ3n) is 3.02. The smallest absolute Gasteiger partial charge is 0.399 e. The van der Waals surface area contributed by atoms with Crippen LogP contribution >= 0.6 is 0 Å². The maximum absolute atomic E-state index is 10.7. The second-order valence-electron chi connectivity index (χ2n) is 4.55. The molecule has 0 aromatic carbocycles. The summed E-state index contributed by atoms with van der Waals surface area (Å²) in [6, 6.07) is 8.24. The van der Waals surface area contributed by atoms with E-state index in [0.29, 0.717) is 22.8 Å². The fourth-order valence-electron chi connectivity index (χ4n) is 2.00. The lowest BCUT2D eigenvalue weighted by molar-refractivity contribution is -0.401. The van der Waals surface area contributed by atoms with Crippen LogP contribution in [0.5, 0.6) is 0 Å². The minimum absolute atomic E-state index is 0.323. The fourth-order valence-corrected chi connectivity index (χ4v) is 2.00. The first-order valence-corrected chi connectivity index (χ1v) is 6.62. The number of hydrazone groups is 1. The number of aryl methyl sites for hydroxylation is 1. The molecule has 0 saturated heterocycles. The van der Waals surface area contributed by atoms with Gasteiger partial charge in [0.1, 0.15) is 16.4 Å². The number of pyridine rings is 1. The van der Waals surface area contributed by atoms with Crippen LogP contribution < -0.4 is 5.43 Å². The van der Waals surface area contributed by atoms with Crippen LogP contribution in [0.1, 0.15) is 5.56 Å². The average Bonchev–Trinajstić information content (AvgIpc) is 3.15. The van der Waals surface area contributed by atoms with E-state index in [1.807, 2.05) is 6.07 Å². The molecule has 3 heterocycles. The van der Waals surface area contributed by atoms with Crippen LogP contribution in [0.25, 0.3) is 11.5 Å². The van der Waals surface area contributed by atoms with Crippen LogP contribution in [0.4, 0.5) is 11.7 Å². The highest BCUT2D eigenvalue weighted by Crippen LogP contribution is 2.27. The van der Waals surface area contributed by atoms with Gasteiger partial charge < -0.3 is 4.42 Å². The van der Waals surface area contributed by atoms with E-state index in [0.717, 1.165) is 0 Å². The highest BCUT2D eigenvalue weighted by Gasteiger charge is 2.18. The number of furan rings is 1. The molecule has 0 bridgehead atoms. The van der Waals surface area contributed by atoms with Crippen molar-refractivity contribution in [2.24, 2.45) is 12.1 Å². The maximum atomic E-state index is 10.7. The van der Waals surface area contributed by atoms with Gasteiger partial charge in [0.05, 0.1) is 18.5 Å².